The van der Waals surface area contributed by atoms with Crippen LogP contribution in [-0.4, -0.2) is 40.8 Å². The second kappa shape index (κ2) is 11.9. The van der Waals surface area contributed by atoms with Gasteiger partial charge in [-0.15, -0.1) is 11.8 Å². The number of ether oxygens (including phenoxy) is 2. The molecule has 0 spiro atoms. The first-order chi connectivity index (χ1) is 16.4. The lowest BCUT2D eigenvalue weighted by atomic mass is 10.2. The number of carbonyl (C=O) groups excluding carboxylic acids is 1. The van der Waals surface area contributed by atoms with Crippen molar-refractivity contribution in [1.29, 1.82) is 0 Å². The molecule has 0 saturated carbocycles. The van der Waals surface area contributed by atoms with Gasteiger partial charge >= 0.3 is 0 Å². The van der Waals surface area contributed by atoms with E-state index >= 15 is 0 Å². The van der Waals surface area contributed by atoms with Crippen LogP contribution in [0.1, 0.15) is 12.5 Å². The Morgan fingerprint density at radius 2 is 1.74 bits per heavy atom. The standard InChI is InChI=1S/C25H28N2O5S2/c1-4-32-22-10-8-21(9-11-22)27(34(29,30)24-14-12-23(33-3)13-15-24)17-25(28)26-20-7-5-6-19(16-20)18-31-2/h5-16H,4,17-18H2,1-3H3,(H,26,28). The van der Waals surface area contributed by atoms with Crippen molar-refractivity contribution in [2.75, 3.05) is 36.1 Å². The van der Waals surface area contributed by atoms with Crippen molar-refractivity contribution in [2.45, 2.75) is 23.3 Å². The topological polar surface area (TPSA) is 84.9 Å². The van der Waals surface area contributed by atoms with E-state index in [0.29, 0.717) is 30.3 Å². The molecule has 34 heavy (non-hydrogen) atoms. The third-order valence-electron chi connectivity index (χ3n) is 4.89. The Kier molecular flexibility index (Phi) is 8.98. The monoisotopic (exact) mass is 500 g/mol. The summed E-state index contributed by atoms with van der Waals surface area (Å²) in [6, 6.07) is 20.4. The highest BCUT2D eigenvalue weighted by molar-refractivity contribution is 7.98. The lowest BCUT2D eigenvalue weighted by Crippen LogP contribution is -2.38. The minimum Gasteiger partial charge on any atom is -0.494 e. The molecule has 0 aromatic heterocycles. The Bertz CT molecular complexity index is 1200. The van der Waals surface area contributed by atoms with E-state index < -0.39 is 22.5 Å². The number of rotatable bonds is 11. The fourth-order valence-corrected chi connectivity index (χ4v) is 5.13. The predicted molar refractivity (Wildman–Crippen MR) is 136 cm³/mol. The number of methoxy groups -OCH3 is 1. The van der Waals surface area contributed by atoms with Crippen LogP contribution in [0.15, 0.2) is 82.6 Å². The van der Waals surface area contributed by atoms with Crippen LogP contribution in [0.2, 0.25) is 0 Å². The second-order valence-corrected chi connectivity index (χ2v) is 10.0. The summed E-state index contributed by atoms with van der Waals surface area (Å²) in [5, 5.41) is 2.79. The van der Waals surface area contributed by atoms with Gasteiger partial charge in [-0.1, -0.05) is 12.1 Å². The molecule has 1 N–H and O–H groups in total. The van der Waals surface area contributed by atoms with Gasteiger partial charge in [-0.2, -0.15) is 0 Å². The highest BCUT2D eigenvalue weighted by Crippen LogP contribution is 2.27. The van der Waals surface area contributed by atoms with Crippen LogP contribution in [0.5, 0.6) is 5.75 Å². The van der Waals surface area contributed by atoms with Gasteiger partial charge in [-0.3, -0.25) is 9.10 Å². The maximum Gasteiger partial charge on any atom is 0.264 e. The molecule has 0 aliphatic heterocycles. The molecular formula is C25H28N2O5S2. The Morgan fingerprint density at radius 3 is 2.35 bits per heavy atom. The van der Waals surface area contributed by atoms with Crippen LogP contribution < -0.4 is 14.4 Å². The number of amides is 1. The van der Waals surface area contributed by atoms with Gasteiger partial charge in [0, 0.05) is 17.7 Å². The van der Waals surface area contributed by atoms with E-state index in [9.17, 15) is 13.2 Å². The summed E-state index contributed by atoms with van der Waals surface area (Å²) in [4.78, 5) is 14.0. The van der Waals surface area contributed by atoms with Gasteiger partial charge in [-0.05, 0) is 79.4 Å². The first-order valence-corrected chi connectivity index (χ1v) is 13.3. The molecule has 0 heterocycles. The van der Waals surface area contributed by atoms with Crippen LogP contribution in [0.3, 0.4) is 0 Å². The van der Waals surface area contributed by atoms with E-state index in [4.69, 9.17) is 9.47 Å². The summed E-state index contributed by atoms with van der Waals surface area (Å²) in [6.45, 7) is 2.38. The summed E-state index contributed by atoms with van der Waals surface area (Å²) in [6.07, 6.45) is 1.92. The van der Waals surface area contributed by atoms with Crippen molar-refractivity contribution in [2.24, 2.45) is 0 Å². The number of nitrogens with zero attached hydrogens (tertiary/aromatic N) is 1. The molecular weight excluding hydrogens is 472 g/mol. The summed E-state index contributed by atoms with van der Waals surface area (Å²) < 4.78 is 38.8. The Morgan fingerprint density at radius 1 is 1.03 bits per heavy atom. The SMILES string of the molecule is CCOc1ccc(N(CC(=O)Nc2cccc(COC)c2)S(=O)(=O)c2ccc(SC)cc2)cc1. The van der Waals surface area contributed by atoms with Crippen LogP contribution in [-0.2, 0) is 26.2 Å². The van der Waals surface area contributed by atoms with Crippen LogP contribution in [0, 0.1) is 0 Å². The average molecular weight is 501 g/mol. The van der Waals surface area contributed by atoms with Crippen LogP contribution in [0.4, 0.5) is 11.4 Å². The molecule has 0 bridgehead atoms. The highest BCUT2D eigenvalue weighted by Gasteiger charge is 2.27. The van der Waals surface area contributed by atoms with E-state index in [1.807, 2.05) is 19.2 Å². The fourth-order valence-electron chi connectivity index (χ4n) is 3.30. The van der Waals surface area contributed by atoms with E-state index in [1.165, 1.54) is 11.8 Å². The van der Waals surface area contributed by atoms with E-state index in [1.54, 1.807) is 73.8 Å². The van der Waals surface area contributed by atoms with Gasteiger partial charge in [0.15, 0.2) is 0 Å². The highest BCUT2D eigenvalue weighted by atomic mass is 32.2. The first-order valence-electron chi connectivity index (χ1n) is 10.6. The lowest BCUT2D eigenvalue weighted by molar-refractivity contribution is -0.114. The molecule has 9 heteroatoms. The van der Waals surface area contributed by atoms with E-state index in [0.717, 1.165) is 14.8 Å². The molecule has 7 nitrogen and oxygen atoms in total. The van der Waals surface area contributed by atoms with Crippen LogP contribution >= 0.6 is 11.8 Å². The maximum absolute atomic E-state index is 13.6. The third kappa shape index (κ3) is 6.53. The minimum absolute atomic E-state index is 0.106. The maximum atomic E-state index is 13.6. The second-order valence-electron chi connectivity index (χ2n) is 7.30. The van der Waals surface area contributed by atoms with Gasteiger partial charge < -0.3 is 14.8 Å². The van der Waals surface area contributed by atoms with Crippen molar-refractivity contribution in [3.63, 3.8) is 0 Å². The van der Waals surface area contributed by atoms with Gasteiger partial charge in [0.25, 0.3) is 10.0 Å². The molecule has 180 valence electrons. The molecule has 0 radical (unpaired) electrons. The Labute approximate surface area is 205 Å². The smallest absolute Gasteiger partial charge is 0.264 e. The zero-order valence-electron chi connectivity index (χ0n) is 19.4. The number of hydrogen-bond acceptors (Lipinski definition) is 6. The number of carbonyl (C=O) groups is 1. The number of anilines is 2. The Hall–Kier alpha value is -3.01. The molecule has 0 aliphatic carbocycles. The summed E-state index contributed by atoms with van der Waals surface area (Å²) >= 11 is 1.52. The van der Waals surface area contributed by atoms with Gasteiger partial charge in [0.05, 0.1) is 23.8 Å². The van der Waals surface area contributed by atoms with Crippen molar-refractivity contribution in [3.05, 3.63) is 78.4 Å². The van der Waals surface area contributed by atoms with Crippen molar-refractivity contribution in [3.8, 4) is 5.75 Å². The molecule has 3 rings (SSSR count). The fraction of sp³-hybridized carbons (Fsp3) is 0.240. The molecule has 0 fully saturated rings. The van der Waals surface area contributed by atoms with E-state index in [-0.39, 0.29) is 4.90 Å². The van der Waals surface area contributed by atoms with Crippen molar-refractivity contribution < 1.29 is 22.7 Å². The van der Waals surface area contributed by atoms with E-state index in [2.05, 4.69) is 5.32 Å². The van der Waals surface area contributed by atoms with Gasteiger partial charge in [0.1, 0.15) is 12.3 Å². The third-order valence-corrected chi connectivity index (χ3v) is 7.42. The van der Waals surface area contributed by atoms with Gasteiger partial charge in [0.2, 0.25) is 5.91 Å². The summed E-state index contributed by atoms with van der Waals surface area (Å²) in [5.41, 5.74) is 1.82. The molecule has 0 aliphatic rings. The quantitative estimate of drug-likeness (QED) is 0.381. The zero-order valence-corrected chi connectivity index (χ0v) is 21.0. The first kappa shape index (κ1) is 25.6. The average Bonchev–Trinajstić information content (AvgIpc) is 2.84. The number of benzene rings is 3. The molecule has 3 aromatic carbocycles. The largest absolute Gasteiger partial charge is 0.494 e. The molecule has 1 amide bonds. The normalized spacial score (nSPS) is 11.1. The van der Waals surface area contributed by atoms with Gasteiger partial charge in [-0.25, -0.2) is 8.42 Å². The minimum atomic E-state index is -4.01. The molecule has 0 atom stereocenters. The Balaban J connectivity index is 1.90. The summed E-state index contributed by atoms with van der Waals surface area (Å²) in [5.74, 6) is 0.153. The molecule has 0 saturated heterocycles. The number of thioether (sulfide) groups is 1. The zero-order chi connectivity index (χ0) is 24.6. The molecule has 3 aromatic rings. The number of sulfonamides is 1. The molecule has 0 unspecified atom stereocenters. The number of nitrogens with one attached hydrogen (secondary N) is 1. The number of hydrogen-bond donors (Lipinski definition) is 1. The van der Waals surface area contributed by atoms with Crippen LogP contribution in [0.25, 0.3) is 0 Å². The van der Waals surface area contributed by atoms with Crippen molar-refractivity contribution >= 4 is 39.1 Å². The summed E-state index contributed by atoms with van der Waals surface area (Å²) in [7, 11) is -2.41. The van der Waals surface area contributed by atoms with Crippen molar-refractivity contribution in [1.82, 2.24) is 0 Å². The lowest BCUT2D eigenvalue weighted by Gasteiger charge is -2.24. The predicted octanol–water partition coefficient (Wildman–Crippen LogP) is 4.79.